The summed E-state index contributed by atoms with van der Waals surface area (Å²) in [5, 5.41) is -0.0367. The Kier molecular flexibility index (Phi) is 3.57. The molecule has 0 saturated carbocycles. The lowest BCUT2D eigenvalue weighted by atomic mass is 10.2. The van der Waals surface area contributed by atoms with Gasteiger partial charge in [-0.2, -0.15) is 8.42 Å². The van der Waals surface area contributed by atoms with Gasteiger partial charge in [-0.3, -0.25) is 4.72 Å². The van der Waals surface area contributed by atoms with Crippen LogP contribution in [0.15, 0.2) is 29.4 Å². The van der Waals surface area contributed by atoms with Crippen LogP contribution in [-0.2, 0) is 16.4 Å². The van der Waals surface area contributed by atoms with Crippen LogP contribution in [0.2, 0.25) is 0 Å². The number of sulfonamides is 1. The number of aromatic nitrogens is 2. The summed E-state index contributed by atoms with van der Waals surface area (Å²) >= 11 is 0. The zero-order chi connectivity index (χ0) is 14.0. The number of halogens is 1. The topological polar surface area (TPSA) is 74.8 Å². The van der Waals surface area contributed by atoms with Crippen LogP contribution in [-0.4, -0.2) is 18.4 Å². The highest BCUT2D eigenvalue weighted by molar-refractivity contribution is 7.92. The minimum atomic E-state index is -3.77. The molecule has 0 amide bonds. The minimum absolute atomic E-state index is 0.0367. The molecule has 0 atom stereocenters. The number of benzene rings is 1. The monoisotopic (exact) mass is 283 g/mol. The van der Waals surface area contributed by atoms with Crippen molar-refractivity contribution >= 4 is 15.7 Å². The molecule has 0 fully saturated rings. The average molecular weight is 283 g/mol. The first-order valence-corrected chi connectivity index (χ1v) is 7.23. The second-order valence-corrected chi connectivity index (χ2v) is 5.77. The van der Waals surface area contributed by atoms with Crippen LogP contribution in [0.3, 0.4) is 0 Å². The third-order valence-corrected chi connectivity index (χ3v) is 3.94. The molecule has 5 nitrogen and oxygen atoms in total. The number of nitrogens with zero attached hydrogens (tertiary/aromatic N) is 1. The van der Waals surface area contributed by atoms with Crippen molar-refractivity contribution in [1.82, 2.24) is 9.97 Å². The molecule has 0 spiro atoms. The highest BCUT2D eigenvalue weighted by Crippen LogP contribution is 2.17. The normalized spacial score (nSPS) is 11.5. The van der Waals surface area contributed by atoms with Gasteiger partial charge in [-0.1, -0.05) is 13.0 Å². The van der Waals surface area contributed by atoms with E-state index in [9.17, 15) is 12.8 Å². The fourth-order valence-electron chi connectivity index (χ4n) is 1.53. The molecule has 0 aliphatic carbocycles. The fourth-order valence-corrected chi connectivity index (χ4v) is 2.52. The van der Waals surface area contributed by atoms with E-state index in [1.165, 1.54) is 18.3 Å². The molecular formula is C12H14FN3O2S. The van der Waals surface area contributed by atoms with Gasteiger partial charge in [0.1, 0.15) is 11.6 Å². The zero-order valence-electron chi connectivity index (χ0n) is 10.6. The lowest BCUT2D eigenvalue weighted by molar-refractivity contribution is 0.597. The molecule has 0 aliphatic rings. The molecule has 19 heavy (non-hydrogen) atoms. The third-order valence-electron chi connectivity index (χ3n) is 2.65. The number of aryl methyl sites for hydroxylation is 2. The summed E-state index contributed by atoms with van der Waals surface area (Å²) in [7, 11) is -3.77. The fraction of sp³-hybridized carbons (Fsp3) is 0.250. The molecule has 1 aromatic carbocycles. The molecule has 102 valence electrons. The van der Waals surface area contributed by atoms with Gasteiger partial charge in [-0.05, 0) is 24.6 Å². The van der Waals surface area contributed by atoms with E-state index >= 15 is 0 Å². The van der Waals surface area contributed by atoms with Crippen LogP contribution in [0.4, 0.5) is 10.1 Å². The Morgan fingerprint density at radius 2 is 2.16 bits per heavy atom. The molecule has 0 aliphatic heterocycles. The van der Waals surface area contributed by atoms with Crippen molar-refractivity contribution < 1.29 is 12.8 Å². The molecule has 2 rings (SSSR count). The van der Waals surface area contributed by atoms with Crippen LogP contribution >= 0.6 is 0 Å². The van der Waals surface area contributed by atoms with Gasteiger partial charge in [-0.25, -0.2) is 9.37 Å². The lowest BCUT2D eigenvalue weighted by Crippen LogP contribution is -2.13. The first-order chi connectivity index (χ1) is 8.92. The second-order valence-electron chi connectivity index (χ2n) is 4.12. The Hall–Kier alpha value is -1.89. The summed E-state index contributed by atoms with van der Waals surface area (Å²) in [6, 6.07) is 4.16. The number of rotatable bonds is 4. The van der Waals surface area contributed by atoms with Crippen molar-refractivity contribution in [3.63, 3.8) is 0 Å². The summed E-state index contributed by atoms with van der Waals surface area (Å²) in [6.07, 6.45) is 1.85. The number of nitrogens with one attached hydrogen (secondary N) is 2. The molecule has 0 saturated heterocycles. The van der Waals surface area contributed by atoms with Crippen molar-refractivity contribution in [2.45, 2.75) is 25.3 Å². The predicted octanol–water partition coefficient (Wildman–Crippen LogP) is 2.22. The van der Waals surface area contributed by atoms with Crippen LogP contribution in [0.25, 0.3) is 0 Å². The zero-order valence-corrected chi connectivity index (χ0v) is 11.4. The summed E-state index contributed by atoms with van der Waals surface area (Å²) in [4.78, 5) is 6.62. The molecule has 1 heterocycles. The first-order valence-electron chi connectivity index (χ1n) is 5.75. The molecule has 0 radical (unpaired) electrons. The van der Waals surface area contributed by atoms with E-state index in [0.717, 1.165) is 6.07 Å². The van der Waals surface area contributed by atoms with E-state index in [1.54, 1.807) is 6.92 Å². The first kappa shape index (κ1) is 13.5. The number of imidazole rings is 1. The number of hydrogen-bond donors (Lipinski definition) is 2. The SMILES string of the molecule is CCc1ncc(S(=O)(=O)Nc2ccc(C)c(F)c2)[nH]1. The highest BCUT2D eigenvalue weighted by Gasteiger charge is 2.17. The molecule has 0 bridgehead atoms. The molecule has 2 N–H and O–H groups in total. The molecule has 2 aromatic rings. The maximum atomic E-state index is 13.4. The van der Waals surface area contributed by atoms with Crippen molar-refractivity contribution in [2.24, 2.45) is 0 Å². The Morgan fingerprint density at radius 3 is 2.74 bits per heavy atom. The van der Waals surface area contributed by atoms with Gasteiger partial charge in [0.05, 0.1) is 11.9 Å². The van der Waals surface area contributed by atoms with Gasteiger partial charge in [0, 0.05) is 6.42 Å². The van der Waals surface area contributed by atoms with Crippen molar-refractivity contribution in [1.29, 1.82) is 0 Å². The van der Waals surface area contributed by atoms with Gasteiger partial charge in [0.25, 0.3) is 10.0 Å². The van der Waals surface area contributed by atoms with E-state index in [-0.39, 0.29) is 10.7 Å². The van der Waals surface area contributed by atoms with Gasteiger partial charge < -0.3 is 4.98 Å². The van der Waals surface area contributed by atoms with Crippen LogP contribution < -0.4 is 4.72 Å². The van der Waals surface area contributed by atoms with Crippen molar-refractivity contribution in [2.75, 3.05) is 4.72 Å². The van der Waals surface area contributed by atoms with Crippen molar-refractivity contribution in [3.05, 3.63) is 41.6 Å². The number of aromatic amines is 1. The molecule has 7 heteroatoms. The van der Waals surface area contributed by atoms with E-state index in [1.807, 2.05) is 6.92 Å². The summed E-state index contributed by atoms with van der Waals surface area (Å²) < 4.78 is 39.7. The van der Waals surface area contributed by atoms with Crippen LogP contribution in [0, 0.1) is 12.7 Å². The molecule has 0 unspecified atom stereocenters. The van der Waals surface area contributed by atoms with E-state index < -0.39 is 15.8 Å². The van der Waals surface area contributed by atoms with Crippen molar-refractivity contribution in [3.8, 4) is 0 Å². The summed E-state index contributed by atoms with van der Waals surface area (Å²) in [5.74, 6) is 0.120. The highest BCUT2D eigenvalue weighted by atomic mass is 32.2. The quantitative estimate of drug-likeness (QED) is 0.903. The Morgan fingerprint density at radius 1 is 1.42 bits per heavy atom. The lowest BCUT2D eigenvalue weighted by Gasteiger charge is -2.07. The largest absolute Gasteiger partial charge is 0.332 e. The minimum Gasteiger partial charge on any atom is -0.332 e. The van der Waals surface area contributed by atoms with Gasteiger partial charge in [0.2, 0.25) is 0 Å². The standard InChI is InChI=1S/C12H14FN3O2S/c1-3-11-14-7-12(15-11)19(17,18)16-9-5-4-8(2)10(13)6-9/h4-7,16H,3H2,1-2H3,(H,14,15). The maximum Gasteiger partial charge on any atom is 0.278 e. The number of anilines is 1. The number of hydrogen-bond acceptors (Lipinski definition) is 3. The van der Waals surface area contributed by atoms with Gasteiger partial charge in [0.15, 0.2) is 5.03 Å². The Balaban J connectivity index is 2.28. The van der Waals surface area contributed by atoms with Crippen LogP contribution in [0.5, 0.6) is 0 Å². The van der Waals surface area contributed by atoms with E-state index in [2.05, 4.69) is 14.7 Å². The molecule has 1 aromatic heterocycles. The van der Waals surface area contributed by atoms with Crippen LogP contribution in [0.1, 0.15) is 18.3 Å². The maximum absolute atomic E-state index is 13.4. The summed E-state index contributed by atoms with van der Waals surface area (Å²) in [5.41, 5.74) is 0.633. The Labute approximate surface area is 110 Å². The van der Waals surface area contributed by atoms with Gasteiger partial charge in [-0.15, -0.1) is 0 Å². The average Bonchev–Trinajstić information content (AvgIpc) is 2.83. The van der Waals surface area contributed by atoms with E-state index in [4.69, 9.17) is 0 Å². The molecular weight excluding hydrogens is 269 g/mol. The Bertz CT molecular complexity index is 695. The predicted molar refractivity (Wildman–Crippen MR) is 69.9 cm³/mol. The van der Waals surface area contributed by atoms with E-state index in [0.29, 0.717) is 17.8 Å². The summed E-state index contributed by atoms with van der Waals surface area (Å²) in [6.45, 7) is 3.47. The second kappa shape index (κ2) is 5.00. The van der Waals surface area contributed by atoms with Gasteiger partial charge >= 0.3 is 0 Å². The third kappa shape index (κ3) is 2.93. The smallest absolute Gasteiger partial charge is 0.278 e. The number of H-pyrrole nitrogens is 1.